The van der Waals surface area contributed by atoms with E-state index in [1.165, 1.54) is 12.1 Å². The number of piperazine rings is 1. The van der Waals surface area contributed by atoms with Gasteiger partial charge in [-0.1, -0.05) is 25.1 Å². The summed E-state index contributed by atoms with van der Waals surface area (Å²) in [6.07, 6.45) is -4.30. The molecule has 28 heavy (non-hydrogen) atoms. The maximum atomic E-state index is 12.9. The van der Waals surface area contributed by atoms with Crippen LogP contribution in [0.15, 0.2) is 29.3 Å². The molecule has 1 N–H and O–H groups in total. The number of halogens is 3. The van der Waals surface area contributed by atoms with Gasteiger partial charge in [-0.05, 0) is 18.6 Å². The molecule has 8 heteroatoms. The van der Waals surface area contributed by atoms with Gasteiger partial charge in [0.2, 0.25) is 0 Å². The van der Waals surface area contributed by atoms with Gasteiger partial charge in [0.1, 0.15) is 0 Å². The molecule has 0 saturated carbocycles. The predicted molar refractivity (Wildman–Crippen MR) is 103 cm³/mol. The first-order valence-corrected chi connectivity index (χ1v) is 9.79. The Morgan fingerprint density at radius 3 is 2.50 bits per heavy atom. The molecule has 0 amide bonds. The van der Waals surface area contributed by atoms with Gasteiger partial charge in [0.25, 0.3) is 0 Å². The zero-order valence-corrected chi connectivity index (χ0v) is 16.6. The second kappa shape index (κ2) is 8.69. The normalized spacial score (nSPS) is 20.8. The highest BCUT2D eigenvalue weighted by Crippen LogP contribution is 2.30. The largest absolute Gasteiger partial charge is 0.416 e. The van der Waals surface area contributed by atoms with E-state index in [1.807, 2.05) is 6.92 Å². The van der Waals surface area contributed by atoms with Crippen LogP contribution >= 0.6 is 0 Å². The molecule has 2 heterocycles. The average Bonchev–Trinajstić information content (AvgIpc) is 2.64. The topological polar surface area (TPSA) is 40.1 Å². The van der Waals surface area contributed by atoms with Gasteiger partial charge >= 0.3 is 6.18 Å². The summed E-state index contributed by atoms with van der Waals surface area (Å²) in [6, 6.07) is 5.61. The van der Waals surface area contributed by atoms with Gasteiger partial charge < -0.3 is 15.0 Å². The molecular formula is C20H29F3N4O. The van der Waals surface area contributed by atoms with E-state index >= 15 is 0 Å². The first-order valence-electron chi connectivity index (χ1n) is 9.79. The molecule has 2 fully saturated rings. The Labute approximate surface area is 164 Å². The summed E-state index contributed by atoms with van der Waals surface area (Å²) in [5, 5.41) is 3.35. The summed E-state index contributed by atoms with van der Waals surface area (Å²) in [7, 11) is 0. The van der Waals surface area contributed by atoms with Gasteiger partial charge in [-0.15, -0.1) is 0 Å². The third-order valence-corrected chi connectivity index (χ3v) is 5.18. The quantitative estimate of drug-likeness (QED) is 0.612. The molecular weight excluding hydrogens is 369 g/mol. The maximum absolute atomic E-state index is 12.9. The first kappa shape index (κ1) is 20.9. The van der Waals surface area contributed by atoms with Crippen molar-refractivity contribution in [2.45, 2.75) is 26.6 Å². The van der Waals surface area contributed by atoms with E-state index in [4.69, 9.17) is 9.73 Å². The molecule has 2 saturated heterocycles. The number of hydrogen-bond donors (Lipinski definition) is 1. The molecule has 0 bridgehead atoms. The predicted octanol–water partition coefficient (Wildman–Crippen LogP) is 2.83. The van der Waals surface area contributed by atoms with Crippen molar-refractivity contribution in [3.8, 4) is 0 Å². The lowest BCUT2D eigenvalue weighted by atomic mass is 9.89. The summed E-state index contributed by atoms with van der Waals surface area (Å²) in [5.74, 6) is 0.911. The smallest absolute Gasteiger partial charge is 0.380 e. The highest BCUT2D eigenvalue weighted by Gasteiger charge is 2.33. The van der Waals surface area contributed by atoms with Crippen LogP contribution in [0, 0.1) is 5.41 Å². The molecule has 5 nitrogen and oxygen atoms in total. The summed E-state index contributed by atoms with van der Waals surface area (Å²) in [4.78, 5) is 9.21. The van der Waals surface area contributed by atoms with Crippen molar-refractivity contribution in [2.75, 3.05) is 52.5 Å². The van der Waals surface area contributed by atoms with Gasteiger partial charge in [-0.25, -0.2) is 0 Å². The monoisotopic (exact) mass is 398 g/mol. The number of nitrogens with zero attached hydrogens (tertiary/aromatic N) is 3. The van der Waals surface area contributed by atoms with Gasteiger partial charge in [0.15, 0.2) is 5.96 Å². The number of alkyl halides is 3. The average molecular weight is 398 g/mol. The number of aliphatic imine (C=N–C) groups is 1. The minimum absolute atomic E-state index is 0.131. The fraction of sp³-hybridized carbons (Fsp3) is 0.650. The Morgan fingerprint density at radius 2 is 1.93 bits per heavy atom. The van der Waals surface area contributed by atoms with Crippen molar-refractivity contribution < 1.29 is 17.9 Å². The Morgan fingerprint density at radius 1 is 1.21 bits per heavy atom. The summed E-state index contributed by atoms with van der Waals surface area (Å²) in [6.45, 7) is 11.0. The summed E-state index contributed by atoms with van der Waals surface area (Å²) in [5.41, 5.74) is 0.242. The van der Waals surface area contributed by atoms with Crippen LogP contribution < -0.4 is 5.32 Å². The van der Waals surface area contributed by atoms with Crippen molar-refractivity contribution in [1.29, 1.82) is 0 Å². The van der Waals surface area contributed by atoms with E-state index in [0.717, 1.165) is 64.5 Å². The minimum atomic E-state index is -4.30. The molecule has 1 aromatic carbocycles. The van der Waals surface area contributed by atoms with E-state index in [1.54, 1.807) is 6.07 Å². The van der Waals surface area contributed by atoms with Crippen LogP contribution in [0.5, 0.6) is 0 Å². The number of rotatable bonds is 5. The molecule has 0 aromatic heterocycles. The van der Waals surface area contributed by atoms with Crippen LogP contribution in [0.2, 0.25) is 0 Å². The number of nitrogens with one attached hydrogen (secondary N) is 1. The molecule has 0 aliphatic carbocycles. The van der Waals surface area contributed by atoms with Gasteiger partial charge in [0.05, 0.1) is 25.3 Å². The van der Waals surface area contributed by atoms with Crippen LogP contribution in [0.4, 0.5) is 13.2 Å². The van der Waals surface area contributed by atoms with Crippen molar-refractivity contribution in [1.82, 2.24) is 15.1 Å². The van der Waals surface area contributed by atoms with Crippen LogP contribution in [0.3, 0.4) is 0 Å². The molecule has 2 aliphatic rings. The second-order valence-electron chi connectivity index (χ2n) is 7.93. The van der Waals surface area contributed by atoms with Crippen LogP contribution in [0.25, 0.3) is 0 Å². The van der Waals surface area contributed by atoms with Gasteiger partial charge in [-0.3, -0.25) is 9.89 Å². The van der Waals surface area contributed by atoms with Gasteiger partial charge in [0, 0.05) is 44.7 Å². The second-order valence-corrected chi connectivity index (χ2v) is 7.93. The van der Waals surface area contributed by atoms with Crippen LogP contribution in [0.1, 0.15) is 25.0 Å². The van der Waals surface area contributed by atoms with Crippen LogP contribution in [-0.4, -0.2) is 68.2 Å². The number of guanidine groups is 1. The third kappa shape index (κ3) is 5.38. The number of hydrogen-bond acceptors (Lipinski definition) is 3. The summed E-state index contributed by atoms with van der Waals surface area (Å²) < 4.78 is 44.0. The van der Waals surface area contributed by atoms with E-state index in [-0.39, 0.29) is 5.41 Å². The molecule has 0 spiro atoms. The summed E-state index contributed by atoms with van der Waals surface area (Å²) >= 11 is 0. The van der Waals surface area contributed by atoms with E-state index in [0.29, 0.717) is 12.1 Å². The van der Waals surface area contributed by atoms with Crippen molar-refractivity contribution in [2.24, 2.45) is 10.4 Å². The lowest BCUT2D eigenvalue weighted by Gasteiger charge is -2.39. The lowest BCUT2D eigenvalue weighted by Crippen LogP contribution is -2.52. The third-order valence-electron chi connectivity index (χ3n) is 5.18. The standard InChI is InChI=1S/C20H29F3N4O/c1-3-24-18(25-13-19(2)14-28-15-19)27-9-7-26(8-10-27)12-16-5-4-6-17(11-16)20(21,22)23/h4-6,11H,3,7-10,12-15H2,1-2H3,(H,24,25). The Balaban J connectivity index is 1.55. The van der Waals surface area contributed by atoms with Crippen molar-refractivity contribution in [3.63, 3.8) is 0 Å². The number of benzene rings is 1. The van der Waals surface area contributed by atoms with E-state index < -0.39 is 11.7 Å². The SMILES string of the molecule is CCNC(=NCC1(C)COC1)N1CCN(Cc2cccc(C(F)(F)F)c2)CC1. The number of ether oxygens (including phenoxy) is 1. The fourth-order valence-electron chi connectivity index (χ4n) is 3.46. The lowest BCUT2D eigenvalue weighted by molar-refractivity contribution is -0.137. The Bertz CT molecular complexity index is 680. The fourth-order valence-corrected chi connectivity index (χ4v) is 3.46. The zero-order chi connectivity index (χ0) is 20.2. The molecule has 0 radical (unpaired) electrons. The molecule has 3 rings (SSSR count). The Hall–Kier alpha value is -1.80. The van der Waals surface area contributed by atoms with E-state index in [2.05, 4.69) is 22.0 Å². The van der Waals surface area contributed by atoms with E-state index in [9.17, 15) is 13.2 Å². The van der Waals surface area contributed by atoms with Crippen LogP contribution in [-0.2, 0) is 17.5 Å². The van der Waals surface area contributed by atoms with Crippen molar-refractivity contribution in [3.05, 3.63) is 35.4 Å². The maximum Gasteiger partial charge on any atom is 0.416 e. The Kier molecular flexibility index (Phi) is 6.50. The molecule has 2 aliphatic heterocycles. The molecule has 1 aromatic rings. The first-order chi connectivity index (χ1) is 13.3. The molecule has 156 valence electrons. The molecule has 0 unspecified atom stereocenters. The van der Waals surface area contributed by atoms with Crippen molar-refractivity contribution >= 4 is 5.96 Å². The zero-order valence-electron chi connectivity index (χ0n) is 16.6. The molecule has 0 atom stereocenters. The minimum Gasteiger partial charge on any atom is -0.380 e. The van der Waals surface area contributed by atoms with Gasteiger partial charge in [-0.2, -0.15) is 13.2 Å². The highest BCUT2D eigenvalue weighted by atomic mass is 19.4. The highest BCUT2D eigenvalue weighted by molar-refractivity contribution is 5.80.